The Morgan fingerprint density at radius 3 is 2.94 bits per heavy atom. The van der Waals surface area contributed by atoms with Crippen LogP contribution in [0, 0.1) is 5.92 Å². The van der Waals surface area contributed by atoms with Crippen LogP contribution in [-0.2, 0) is 16.1 Å². The first-order valence-electron chi connectivity index (χ1n) is 5.63. The third-order valence-electron chi connectivity index (χ3n) is 2.44. The Kier molecular flexibility index (Phi) is 5.11. The second-order valence-corrected chi connectivity index (χ2v) is 4.22. The van der Waals surface area contributed by atoms with Crippen molar-refractivity contribution in [3.63, 3.8) is 0 Å². The van der Waals surface area contributed by atoms with E-state index in [1.807, 2.05) is 13.8 Å². The molecule has 6 nitrogen and oxygen atoms in total. The van der Waals surface area contributed by atoms with Crippen molar-refractivity contribution in [3.8, 4) is 0 Å². The lowest BCUT2D eigenvalue weighted by atomic mass is 10.1. The van der Waals surface area contributed by atoms with E-state index in [0.29, 0.717) is 19.0 Å². The Labute approximate surface area is 101 Å². The summed E-state index contributed by atoms with van der Waals surface area (Å²) in [6.07, 6.45) is 1.79. The third-order valence-corrected chi connectivity index (χ3v) is 2.44. The zero-order chi connectivity index (χ0) is 12.8. The van der Waals surface area contributed by atoms with Crippen LogP contribution in [0.4, 0.5) is 5.82 Å². The molecule has 0 aliphatic rings. The predicted octanol–water partition coefficient (Wildman–Crippen LogP) is 0.451. The summed E-state index contributed by atoms with van der Waals surface area (Å²) in [6, 6.07) is 1.22. The van der Waals surface area contributed by atoms with Crippen molar-refractivity contribution in [2.45, 2.75) is 26.4 Å². The summed E-state index contributed by atoms with van der Waals surface area (Å²) in [5.74, 6) is 0.407. The van der Waals surface area contributed by atoms with Crippen molar-refractivity contribution in [3.05, 3.63) is 12.3 Å². The van der Waals surface area contributed by atoms with Gasteiger partial charge in [0.25, 0.3) is 0 Å². The molecule has 1 aromatic rings. The van der Waals surface area contributed by atoms with Crippen molar-refractivity contribution in [1.29, 1.82) is 0 Å². The Balaban J connectivity index is 2.51. The van der Waals surface area contributed by atoms with Gasteiger partial charge in [-0.1, -0.05) is 13.8 Å². The van der Waals surface area contributed by atoms with Gasteiger partial charge in [0.2, 0.25) is 5.91 Å². The van der Waals surface area contributed by atoms with Gasteiger partial charge in [-0.25, -0.2) is 0 Å². The fourth-order valence-corrected chi connectivity index (χ4v) is 1.25. The van der Waals surface area contributed by atoms with Crippen LogP contribution in [0.1, 0.15) is 13.8 Å². The standard InChI is InChI=1S/C11H20N4O2/c1-8(2)10(12)11(16)13-9-4-5-15(14-9)6-7-17-3/h4-5,8,10H,6-7,12H2,1-3H3,(H,13,14,16)/t10-/m0/s1. The minimum Gasteiger partial charge on any atom is -0.383 e. The molecule has 0 radical (unpaired) electrons. The van der Waals surface area contributed by atoms with Crippen molar-refractivity contribution < 1.29 is 9.53 Å². The minimum atomic E-state index is -0.515. The van der Waals surface area contributed by atoms with E-state index in [4.69, 9.17) is 10.5 Å². The largest absolute Gasteiger partial charge is 0.383 e. The van der Waals surface area contributed by atoms with E-state index >= 15 is 0 Å². The van der Waals surface area contributed by atoms with Gasteiger partial charge in [-0.2, -0.15) is 5.10 Å². The lowest BCUT2D eigenvalue weighted by Gasteiger charge is -2.13. The molecule has 17 heavy (non-hydrogen) atoms. The normalized spacial score (nSPS) is 12.8. The summed E-state index contributed by atoms with van der Waals surface area (Å²) >= 11 is 0. The van der Waals surface area contributed by atoms with E-state index in [-0.39, 0.29) is 11.8 Å². The number of carbonyl (C=O) groups is 1. The molecule has 0 aromatic carbocycles. The van der Waals surface area contributed by atoms with Gasteiger partial charge in [-0.05, 0) is 5.92 Å². The average molecular weight is 240 g/mol. The number of hydrogen-bond donors (Lipinski definition) is 2. The molecule has 6 heteroatoms. The van der Waals surface area contributed by atoms with Crippen LogP contribution in [-0.4, -0.2) is 35.4 Å². The molecule has 1 atom stereocenters. The zero-order valence-corrected chi connectivity index (χ0v) is 10.5. The van der Waals surface area contributed by atoms with Crippen LogP contribution in [0.3, 0.4) is 0 Å². The number of carbonyl (C=O) groups excluding carboxylic acids is 1. The van der Waals surface area contributed by atoms with E-state index in [9.17, 15) is 4.79 Å². The Hall–Kier alpha value is -1.40. The van der Waals surface area contributed by atoms with Gasteiger partial charge in [0, 0.05) is 19.4 Å². The molecule has 0 fully saturated rings. The quantitative estimate of drug-likeness (QED) is 0.756. The second kappa shape index (κ2) is 6.36. The lowest BCUT2D eigenvalue weighted by Crippen LogP contribution is -2.39. The summed E-state index contributed by atoms with van der Waals surface area (Å²) in [7, 11) is 1.63. The molecular weight excluding hydrogens is 220 g/mol. The molecule has 0 bridgehead atoms. The van der Waals surface area contributed by atoms with E-state index in [1.54, 1.807) is 24.1 Å². The number of amides is 1. The van der Waals surface area contributed by atoms with Gasteiger partial charge in [-0.3, -0.25) is 9.48 Å². The van der Waals surface area contributed by atoms with Gasteiger partial charge in [0.05, 0.1) is 19.2 Å². The number of methoxy groups -OCH3 is 1. The molecule has 3 N–H and O–H groups in total. The lowest BCUT2D eigenvalue weighted by molar-refractivity contribution is -0.118. The predicted molar refractivity (Wildman–Crippen MR) is 65.5 cm³/mol. The fourth-order valence-electron chi connectivity index (χ4n) is 1.25. The van der Waals surface area contributed by atoms with Crippen molar-refractivity contribution in [2.24, 2.45) is 11.7 Å². The molecule has 1 amide bonds. The SMILES string of the molecule is COCCn1ccc(NC(=O)[C@@H](N)C(C)C)n1. The molecule has 0 saturated carbocycles. The summed E-state index contributed by atoms with van der Waals surface area (Å²) in [4.78, 5) is 11.7. The van der Waals surface area contributed by atoms with Crippen LogP contribution in [0.2, 0.25) is 0 Å². The summed E-state index contributed by atoms with van der Waals surface area (Å²) in [6.45, 7) is 5.05. The van der Waals surface area contributed by atoms with E-state index in [2.05, 4.69) is 10.4 Å². The number of aromatic nitrogens is 2. The van der Waals surface area contributed by atoms with E-state index in [1.165, 1.54) is 0 Å². The topological polar surface area (TPSA) is 82.2 Å². The van der Waals surface area contributed by atoms with Crippen LogP contribution in [0.25, 0.3) is 0 Å². The number of nitrogens with zero attached hydrogens (tertiary/aromatic N) is 2. The maximum Gasteiger partial charge on any atom is 0.242 e. The van der Waals surface area contributed by atoms with Crippen molar-refractivity contribution >= 4 is 11.7 Å². The Morgan fingerprint density at radius 1 is 1.65 bits per heavy atom. The molecule has 0 saturated heterocycles. The van der Waals surface area contributed by atoms with Crippen LogP contribution in [0.5, 0.6) is 0 Å². The number of nitrogens with one attached hydrogen (secondary N) is 1. The van der Waals surface area contributed by atoms with Gasteiger partial charge in [-0.15, -0.1) is 0 Å². The highest BCUT2D eigenvalue weighted by atomic mass is 16.5. The fraction of sp³-hybridized carbons (Fsp3) is 0.636. The summed E-state index contributed by atoms with van der Waals surface area (Å²) in [5, 5.41) is 6.86. The van der Waals surface area contributed by atoms with Crippen LogP contribution in [0.15, 0.2) is 12.3 Å². The molecule has 0 aliphatic carbocycles. The number of nitrogens with two attached hydrogens (primary N) is 1. The molecule has 0 spiro atoms. The minimum absolute atomic E-state index is 0.102. The first-order chi connectivity index (χ1) is 8.04. The van der Waals surface area contributed by atoms with Crippen molar-refractivity contribution in [2.75, 3.05) is 19.0 Å². The average Bonchev–Trinajstić information content (AvgIpc) is 2.72. The highest BCUT2D eigenvalue weighted by Gasteiger charge is 2.17. The third kappa shape index (κ3) is 4.16. The molecule has 0 aliphatic heterocycles. The number of rotatable bonds is 6. The number of ether oxygens (including phenoxy) is 1. The highest BCUT2D eigenvalue weighted by Crippen LogP contribution is 2.05. The van der Waals surface area contributed by atoms with Gasteiger partial charge in [0.15, 0.2) is 5.82 Å². The molecule has 1 heterocycles. The molecule has 1 aromatic heterocycles. The molecule has 0 unspecified atom stereocenters. The second-order valence-electron chi connectivity index (χ2n) is 4.22. The highest BCUT2D eigenvalue weighted by molar-refractivity contribution is 5.93. The van der Waals surface area contributed by atoms with Crippen LogP contribution < -0.4 is 11.1 Å². The van der Waals surface area contributed by atoms with E-state index in [0.717, 1.165) is 0 Å². The van der Waals surface area contributed by atoms with Gasteiger partial charge in [0.1, 0.15) is 0 Å². The maximum absolute atomic E-state index is 11.7. The number of hydrogen-bond acceptors (Lipinski definition) is 4. The first kappa shape index (κ1) is 13.7. The zero-order valence-electron chi connectivity index (χ0n) is 10.5. The molecule has 96 valence electrons. The smallest absolute Gasteiger partial charge is 0.242 e. The molecular formula is C11H20N4O2. The van der Waals surface area contributed by atoms with E-state index < -0.39 is 6.04 Å². The maximum atomic E-state index is 11.7. The monoisotopic (exact) mass is 240 g/mol. The number of anilines is 1. The van der Waals surface area contributed by atoms with Crippen molar-refractivity contribution in [1.82, 2.24) is 9.78 Å². The van der Waals surface area contributed by atoms with Gasteiger partial charge < -0.3 is 15.8 Å². The van der Waals surface area contributed by atoms with Crippen LogP contribution >= 0.6 is 0 Å². The Bertz CT molecular complexity index is 362. The summed E-state index contributed by atoms with van der Waals surface area (Å²) < 4.78 is 6.65. The Morgan fingerprint density at radius 2 is 2.35 bits per heavy atom. The van der Waals surface area contributed by atoms with Gasteiger partial charge >= 0.3 is 0 Å². The molecule has 1 rings (SSSR count). The summed E-state index contributed by atoms with van der Waals surface area (Å²) in [5.41, 5.74) is 5.73. The first-order valence-corrected chi connectivity index (χ1v) is 5.63.